The highest BCUT2D eigenvalue weighted by molar-refractivity contribution is 6.20. The molecule has 3 N–H and O–H groups in total. The second-order valence-electron chi connectivity index (χ2n) is 6.26. The Bertz CT molecular complexity index is 1440. The second kappa shape index (κ2) is 9.58. The topological polar surface area (TPSA) is 176 Å². The number of hydrogen-bond acceptors (Lipinski definition) is 9. The third kappa shape index (κ3) is 3.69. The first kappa shape index (κ1) is 25.2. The van der Waals surface area contributed by atoms with Gasteiger partial charge in [0.2, 0.25) is 0 Å². The molecule has 12 heteroatoms. The van der Waals surface area contributed by atoms with Gasteiger partial charge in [-0.05, 0) is 24.3 Å². The van der Waals surface area contributed by atoms with Gasteiger partial charge in [-0.2, -0.15) is 0 Å². The zero-order valence-corrected chi connectivity index (χ0v) is 17.4. The van der Waals surface area contributed by atoms with Crippen LogP contribution in [-0.4, -0.2) is 42.0 Å². The number of nitrogens with zero attached hydrogens (tertiary/aromatic N) is 3. The van der Waals surface area contributed by atoms with Crippen molar-refractivity contribution in [2.75, 3.05) is 0 Å². The average Bonchev–Trinajstić information content (AvgIpc) is 3.33. The maximum Gasteiger partial charge on any atom is 0.294 e. The maximum absolute atomic E-state index is 11.5. The van der Waals surface area contributed by atoms with Crippen LogP contribution in [0.5, 0.6) is 0 Å². The first-order valence-electron chi connectivity index (χ1n) is 9.15. The fourth-order valence-corrected chi connectivity index (χ4v) is 3.12. The lowest BCUT2D eigenvalue weighted by Crippen LogP contribution is -2.25. The Labute approximate surface area is 188 Å². The lowest BCUT2D eigenvalue weighted by molar-refractivity contribution is -0.0327. The Balaban J connectivity index is 0.000000222. The van der Waals surface area contributed by atoms with Crippen molar-refractivity contribution in [3.8, 4) is 0 Å². The van der Waals surface area contributed by atoms with Crippen LogP contribution in [0.4, 0.5) is 0 Å². The van der Waals surface area contributed by atoms with Gasteiger partial charge in [-0.15, -0.1) is 40.8 Å². The van der Waals surface area contributed by atoms with Crippen molar-refractivity contribution in [1.82, 2.24) is 14.5 Å². The van der Waals surface area contributed by atoms with Gasteiger partial charge < -0.3 is 10.4 Å². The van der Waals surface area contributed by atoms with Crippen molar-refractivity contribution in [1.29, 1.82) is 0 Å². The summed E-state index contributed by atoms with van der Waals surface area (Å²) in [5.41, 5.74) is -3.40. The minimum Gasteiger partial charge on any atom is -0.422 e. The minimum atomic E-state index is -0.977. The molecule has 0 saturated carbocycles. The number of hydroxylamine groups is 2. The van der Waals surface area contributed by atoms with Gasteiger partial charge in [0.05, 0.1) is 32.7 Å². The molecule has 2 aromatic carbocycles. The van der Waals surface area contributed by atoms with E-state index in [1.807, 2.05) is 0 Å². The lowest BCUT2D eigenvalue weighted by Gasteiger charge is -1.99. The van der Waals surface area contributed by atoms with Gasteiger partial charge in [-0.3, -0.25) is 34.0 Å². The first-order chi connectivity index (χ1) is 16.1. The number of carbonyl (C=O) groups excluding carboxylic acids is 2. The number of carbonyl (C=O) groups is 2. The lowest BCUT2D eigenvalue weighted by atomic mass is 10.1. The van der Waals surface area contributed by atoms with E-state index < -0.39 is 34.1 Å². The van der Waals surface area contributed by atoms with Crippen LogP contribution in [-0.2, 0) is 0 Å². The largest absolute Gasteiger partial charge is 0.422 e. The molecule has 0 unspecified atom stereocenters. The summed E-state index contributed by atoms with van der Waals surface area (Å²) >= 11 is 0. The molecule has 0 bridgehead atoms. The molecule has 1 aliphatic heterocycles. The molecule has 0 fully saturated rings. The molecule has 3 heterocycles. The van der Waals surface area contributed by atoms with Crippen molar-refractivity contribution >= 4 is 33.4 Å². The Hall–Kier alpha value is -5.10. The van der Waals surface area contributed by atoms with Gasteiger partial charge in [-0.25, -0.2) is 0 Å². The van der Waals surface area contributed by atoms with E-state index in [2.05, 4.69) is 26.3 Å². The Kier molecular flexibility index (Phi) is 7.09. The molecule has 1 aliphatic rings. The first-order valence-corrected chi connectivity index (χ1v) is 9.15. The molecule has 2 amide bonds. The Morgan fingerprint density at radius 2 is 0.794 bits per heavy atom. The highest BCUT2D eigenvalue weighted by Crippen LogP contribution is 2.20. The van der Waals surface area contributed by atoms with Crippen molar-refractivity contribution < 1.29 is 25.2 Å². The number of rotatable bonds is 0. The molecule has 2 aromatic heterocycles. The molecule has 174 valence electrons. The summed E-state index contributed by atoms with van der Waals surface area (Å²) in [6.45, 7) is 12.0. The molecule has 34 heavy (non-hydrogen) atoms. The monoisotopic (exact) mass is 467 g/mol. The van der Waals surface area contributed by atoms with E-state index >= 15 is 0 Å². The number of imide groups is 1. The van der Waals surface area contributed by atoms with E-state index in [-0.39, 0.29) is 47.2 Å². The SMILES string of the molecule is C=C.C=C.O=C1c2ccccc2C(=O)N1O.O=c1c2cc3c(=O)n(O)c(=O)c3cc2c(=O)n1O. The molecule has 0 radical (unpaired) electrons. The number of aromatic nitrogens is 2. The summed E-state index contributed by atoms with van der Waals surface area (Å²) in [6.07, 6.45) is 0. The molecule has 0 atom stereocenters. The van der Waals surface area contributed by atoms with Crippen LogP contribution in [0, 0.1) is 0 Å². The van der Waals surface area contributed by atoms with Crippen LogP contribution in [0.3, 0.4) is 0 Å². The molecule has 0 spiro atoms. The normalized spacial score (nSPS) is 11.7. The van der Waals surface area contributed by atoms with E-state index in [0.717, 1.165) is 12.1 Å². The van der Waals surface area contributed by atoms with E-state index in [4.69, 9.17) is 15.6 Å². The fourth-order valence-electron chi connectivity index (χ4n) is 3.12. The standard InChI is InChI=1S/C10H4N2O6.C8H5NO3.2C2H4/c13-7-3-1-4-6(10(16)12(18)8(4)14)2-5(3)9(15)11(7)17;10-7-5-3-1-2-4-6(5)8(11)9(7)12;2*1-2/h1-2,17-18H;1-4,12H;2*1-2H2. The predicted molar refractivity (Wildman–Crippen MR) is 120 cm³/mol. The van der Waals surface area contributed by atoms with E-state index in [0.29, 0.717) is 0 Å². The third-order valence-corrected chi connectivity index (χ3v) is 4.62. The highest BCUT2D eigenvalue weighted by atomic mass is 16.5. The summed E-state index contributed by atoms with van der Waals surface area (Å²) in [6, 6.07) is 8.32. The summed E-state index contributed by atoms with van der Waals surface area (Å²) < 4.78 is -0.184. The third-order valence-electron chi connectivity index (χ3n) is 4.62. The van der Waals surface area contributed by atoms with E-state index in [1.54, 1.807) is 12.1 Å². The summed E-state index contributed by atoms with van der Waals surface area (Å²) in [4.78, 5) is 68.0. The van der Waals surface area contributed by atoms with Gasteiger partial charge in [0.15, 0.2) is 0 Å². The van der Waals surface area contributed by atoms with E-state index in [1.165, 1.54) is 12.1 Å². The quantitative estimate of drug-likeness (QED) is 0.145. The molecule has 5 rings (SSSR count). The van der Waals surface area contributed by atoms with Crippen LogP contribution < -0.4 is 22.2 Å². The van der Waals surface area contributed by atoms with Gasteiger partial charge in [0.25, 0.3) is 34.1 Å². The van der Waals surface area contributed by atoms with Gasteiger partial charge >= 0.3 is 0 Å². The molecule has 4 aromatic rings. The van der Waals surface area contributed by atoms with Crippen LogP contribution in [0.2, 0.25) is 0 Å². The average molecular weight is 467 g/mol. The van der Waals surface area contributed by atoms with Crippen LogP contribution in [0.1, 0.15) is 20.7 Å². The molecule has 12 nitrogen and oxygen atoms in total. The van der Waals surface area contributed by atoms with Crippen LogP contribution >= 0.6 is 0 Å². The zero-order valence-electron chi connectivity index (χ0n) is 17.4. The van der Waals surface area contributed by atoms with Crippen molar-refractivity contribution in [2.24, 2.45) is 0 Å². The number of hydrogen-bond donors (Lipinski definition) is 3. The number of amides is 2. The Morgan fingerprint density at radius 1 is 0.529 bits per heavy atom. The summed E-state index contributed by atoms with van der Waals surface area (Å²) in [5, 5.41) is 26.6. The molecule has 0 saturated heterocycles. The van der Waals surface area contributed by atoms with Crippen molar-refractivity contribution in [2.45, 2.75) is 0 Å². The highest BCUT2D eigenvalue weighted by Gasteiger charge is 2.34. The minimum absolute atomic E-state index is 0.0918. The van der Waals surface area contributed by atoms with Gasteiger partial charge in [0.1, 0.15) is 0 Å². The summed E-state index contributed by atoms with van der Waals surface area (Å²) in [7, 11) is 0. The molecular weight excluding hydrogens is 450 g/mol. The Morgan fingerprint density at radius 3 is 1.06 bits per heavy atom. The molecular formula is C22H17N3O9. The van der Waals surface area contributed by atoms with Gasteiger partial charge in [0, 0.05) is 0 Å². The molecule has 0 aliphatic carbocycles. The fraction of sp³-hybridized carbons (Fsp3) is 0. The van der Waals surface area contributed by atoms with Crippen molar-refractivity contribution in [3.63, 3.8) is 0 Å². The number of benzene rings is 2. The van der Waals surface area contributed by atoms with Gasteiger partial charge in [-0.1, -0.05) is 12.1 Å². The smallest absolute Gasteiger partial charge is 0.294 e. The summed E-state index contributed by atoms with van der Waals surface area (Å²) in [5.74, 6) is -1.31. The van der Waals surface area contributed by atoms with Crippen LogP contribution in [0.15, 0.2) is 81.9 Å². The van der Waals surface area contributed by atoms with E-state index in [9.17, 15) is 28.8 Å². The second-order valence-corrected chi connectivity index (χ2v) is 6.26. The predicted octanol–water partition coefficient (Wildman–Crippen LogP) is 0.663. The number of fused-ring (bicyclic) bond motifs is 3. The van der Waals surface area contributed by atoms with Crippen molar-refractivity contribution in [3.05, 3.63) is 115 Å². The van der Waals surface area contributed by atoms with Crippen LogP contribution in [0.25, 0.3) is 21.5 Å². The maximum atomic E-state index is 11.5. The zero-order chi connectivity index (χ0) is 25.9.